The standard InChI is InChI=1S/C13H17ClN4/c1-15-11-3-6-17(7-4-11)12-2-5-16-18-9-10(14)8-13(12)18/h2,5,8-9,11,15H,3-4,6-7H2,1H3. The first-order valence-electron chi connectivity index (χ1n) is 6.33. The molecule has 18 heavy (non-hydrogen) atoms. The van der Waals surface area contributed by atoms with Crippen LogP contribution in [0.4, 0.5) is 5.69 Å². The molecule has 2 aromatic rings. The molecule has 1 fully saturated rings. The summed E-state index contributed by atoms with van der Waals surface area (Å²) in [5.74, 6) is 0. The van der Waals surface area contributed by atoms with Gasteiger partial charge in [-0.1, -0.05) is 11.6 Å². The van der Waals surface area contributed by atoms with Crippen molar-refractivity contribution >= 4 is 22.8 Å². The minimum absolute atomic E-state index is 0.648. The molecule has 0 amide bonds. The van der Waals surface area contributed by atoms with Gasteiger partial charge < -0.3 is 10.2 Å². The van der Waals surface area contributed by atoms with E-state index in [1.54, 1.807) is 0 Å². The first-order valence-corrected chi connectivity index (χ1v) is 6.71. The molecule has 3 heterocycles. The third kappa shape index (κ3) is 2.06. The fraction of sp³-hybridized carbons (Fsp3) is 0.462. The van der Waals surface area contributed by atoms with Gasteiger partial charge in [0.25, 0.3) is 0 Å². The molecule has 1 aliphatic heterocycles. The minimum Gasteiger partial charge on any atom is -0.370 e. The SMILES string of the molecule is CNC1CCN(c2ccnn3cc(Cl)cc23)CC1. The molecule has 0 radical (unpaired) electrons. The van der Waals surface area contributed by atoms with Gasteiger partial charge in [-0.3, -0.25) is 0 Å². The molecule has 96 valence electrons. The van der Waals surface area contributed by atoms with Crippen LogP contribution in [0.3, 0.4) is 0 Å². The van der Waals surface area contributed by atoms with Crippen molar-refractivity contribution in [1.82, 2.24) is 14.9 Å². The number of hydrogen-bond acceptors (Lipinski definition) is 3. The lowest BCUT2D eigenvalue weighted by atomic mass is 10.0. The monoisotopic (exact) mass is 264 g/mol. The van der Waals surface area contributed by atoms with Crippen molar-refractivity contribution in [1.29, 1.82) is 0 Å². The summed E-state index contributed by atoms with van der Waals surface area (Å²) in [4.78, 5) is 2.42. The van der Waals surface area contributed by atoms with Gasteiger partial charge in [0.2, 0.25) is 0 Å². The average molecular weight is 265 g/mol. The Morgan fingerprint density at radius 1 is 1.39 bits per heavy atom. The summed E-state index contributed by atoms with van der Waals surface area (Å²) in [7, 11) is 2.04. The molecule has 1 N–H and O–H groups in total. The van der Waals surface area contributed by atoms with Crippen molar-refractivity contribution in [2.24, 2.45) is 0 Å². The van der Waals surface area contributed by atoms with Gasteiger partial charge in [-0.2, -0.15) is 5.10 Å². The summed E-state index contributed by atoms with van der Waals surface area (Å²) in [6.07, 6.45) is 6.04. The van der Waals surface area contributed by atoms with Crippen LogP contribution in [0.25, 0.3) is 5.52 Å². The summed E-state index contributed by atoms with van der Waals surface area (Å²) in [6.45, 7) is 2.15. The molecule has 4 nitrogen and oxygen atoms in total. The van der Waals surface area contributed by atoms with Crippen molar-refractivity contribution in [3.05, 3.63) is 29.5 Å². The van der Waals surface area contributed by atoms with Crippen molar-refractivity contribution in [3.63, 3.8) is 0 Å². The summed E-state index contributed by atoms with van der Waals surface area (Å²) in [6, 6.07) is 4.70. The van der Waals surface area contributed by atoms with E-state index >= 15 is 0 Å². The van der Waals surface area contributed by atoms with Gasteiger partial charge in [-0.25, -0.2) is 4.52 Å². The molecule has 2 aromatic heterocycles. The van der Waals surface area contributed by atoms with E-state index in [1.165, 1.54) is 18.5 Å². The highest BCUT2D eigenvalue weighted by molar-refractivity contribution is 6.31. The lowest BCUT2D eigenvalue weighted by molar-refractivity contribution is 0.442. The van der Waals surface area contributed by atoms with E-state index in [1.807, 2.05) is 30.0 Å². The quantitative estimate of drug-likeness (QED) is 0.902. The smallest absolute Gasteiger partial charge is 0.0895 e. The summed E-state index contributed by atoms with van der Waals surface area (Å²) < 4.78 is 1.85. The number of nitrogens with one attached hydrogen (secondary N) is 1. The van der Waals surface area contributed by atoms with Crippen molar-refractivity contribution in [2.45, 2.75) is 18.9 Å². The van der Waals surface area contributed by atoms with Crippen LogP contribution >= 0.6 is 11.6 Å². The molecule has 1 saturated heterocycles. The number of aromatic nitrogens is 2. The number of halogens is 1. The van der Waals surface area contributed by atoms with E-state index in [0.29, 0.717) is 6.04 Å². The summed E-state index contributed by atoms with van der Waals surface area (Å²) in [5, 5.41) is 8.37. The van der Waals surface area contributed by atoms with Crippen LogP contribution in [0.5, 0.6) is 0 Å². The maximum Gasteiger partial charge on any atom is 0.0895 e. The van der Waals surface area contributed by atoms with Gasteiger partial charge in [0.1, 0.15) is 0 Å². The molecule has 0 aromatic carbocycles. The van der Waals surface area contributed by atoms with Crippen molar-refractivity contribution in [2.75, 3.05) is 25.0 Å². The Morgan fingerprint density at radius 2 is 2.17 bits per heavy atom. The topological polar surface area (TPSA) is 32.6 Å². The number of anilines is 1. The minimum atomic E-state index is 0.648. The molecular formula is C13H17ClN4. The van der Waals surface area contributed by atoms with Gasteiger partial charge in [0, 0.05) is 31.5 Å². The van der Waals surface area contributed by atoms with Gasteiger partial charge in [0.05, 0.1) is 16.2 Å². The second-order valence-electron chi connectivity index (χ2n) is 4.75. The highest BCUT2D eigenvalue weighted by Gasteiger charge is 2.19. The summed E-state index contributed by atoms with van der Waals surface area (Å²) in [5.41, 5.74) is 2.32. The van der Waals surface area contributed by atoms with E-state index in [4.69, 9.17) is 11.6 Å². The molecule has 0 spiro atoms. The number of piperidine rings is 1. The lowest BCUT2D eigenvalue weighted by Gasteiger charge is -2.33. The maximum absolute atomic E-state index is 6.05. The second kappa shape index (κ2) is 4.78. The molecule has 0 bridgehead atoms. The Bertz CT molecular complexity index is 543. The van der Waals surface area contributed by atoms with Gasteiger partial charge in [-0.15, -0.1) is 0 Å². The van der Waals surface area contributed by atoms with E-state index in [0.717, 1.165) is 23.6 Å². The lowest BCUT2D eigenvalue weighted by Crippen LogP contribution is -2.41. The van der Waals surface area contributed by atoms with E-state index in [9.17, 15) is 0 Å². The first-order chi connectivity index (χ1) is 8.78. The van der Waals surface area contributed by atoms with Crippen LogP contribution < -0.4 is 10.2 Å². The largest absolute Gasteiger partial charge is 0.370 e. The van der Waals surface area contributed by atoms with Gasteiger partial charge in [0.15, 0.2) is 0 Å². The zero-order valence-electron chi connectivity index (χ0n) is 10.4. The summed E-state index contributed by atoms with van der Waals surface area (Å²) >= 11 is 6.05. The highest BCUT2D eigenvalue weighted by Crippen LogP contribution is 2.27. The van der Waals surface area contributed by atoms with Gasteiger partial charge >= 0.3 is 0 Å². The molecule has 0 unspecified atom stereocenters. The van der Waals surface area contributed by atoms with Crippen LogP contribution in [0.2, 0.25) is 5.02 Å². The predicted octanol–water partition coefficient (Wildman–Crippen LogP) is 2.18. The van der Waals surface area contributed by atoms with Crippen LogP contribution in [0.15, 0.2) is 24.5 Å². The molecule has 0 aliphatic carbocycles. The Morgan fingerprint density at radius 3 is 2.89 bits per heavy atom. The Hall–Kier alpha value is -1.26. The zero-order chi connectivity index (χ0) is 12.5. The highest BCUT2D eigenvalue weighted by atomic mass is 35.5. The molecular weight excluding hydrogens is 248 g/mol. The molecule has 1 aliphatic rings. The maximum atomic E-state index is 6.05. The van der Waals surface area contributed by atoms with E-state index in [-0.39, 0.29) is 0 Å². The van der Waals surface area contributed by atoms with Crippen LogP contribution in [-0.4, -0.2) is 35.8 Å². The Kier molecular flexibility index (Phi) is 3.14. The Balaban J connectivity index is 1.90. The Labute approximate surface area is 112 Å². The normalized spacial score (nSPS) is 17.6. The van der Waals surface area contributed by atoms with Crippen molar-refractivity contribution in [3.8, 4) is 0 Å². The molecule has 5 heteroatoms. The molecule has 3 rings (SSSR count). The zero-order valence-corrected chi connectivity index (χ0v) is 11.2. The van der Waals surface area contributed by atoms with Gasteiger partial charge in [-0.05, 0) is 32.0 Å². The van der Waals surface area contributed by atoms with Crippen LogP contribution in [0.1, 0.15) is 12.8 Å². The average Bonchev–Trinajstić information content (AvgIpc) is 2.79. The number of nitrogens with zero attached hydrogens (tertiary/aromatic N) is 3. The fourth-order valence-corrected chi connectivity index (χ4v) is 2.84. The third-order valence-corrected chi connectivity index (χ3v) is 3.90. The number of hydrogen-bond donors (Lipinski definition) is 1. The number of rotatable bonds is 2. The molecule has 0 saturated carbocycles. The molecule has 0 atom stereocenters. The fourth-order valence-electron chi connectivity index (χ4n) is 2.64. The van der Waals surface area contributed by atoms with Crippen LogP contribution in [-0.2, 0) is 0 Å². The van der Waals surface area contributed by atoms with E-state index in [2.05, 4.69) is 21.4 Å². The second-order valence-corrected chi connectivity index (χ2v) is 5.19. The predicted molar refractivity (Wildman–Crippen MR) is 74.5 cm³/mol. The van der Waals surface area contributed by atoms with Crippen LogP contribution in [0, 0.1) is 0 Å². The first kappa shape index (κ1) is 11.8. The number of fused-ring (bicyclic) bond motifs is 1. The third-order valence-electron chi connectivity index (χ3n) is 3.70. The van der Waals surface area contributed by atoms with E-state index < -0.39 is 0 Å². The van der Waals surface area contributed by atoms with Crippen molar-refractivity contribution < 1.29 is 0 Å².